The molecular formula is C26H34N4O5. The van der Waals surface area contributed by atoms with Gasteiger partial charge >= 0.3 is 0 Å². The summed E-state index contributed by atoms with van der Waals surface area (Å²) in [5, 5.41) is 3.45. The second kappa shape index (κ2) is 11.4. The highest BCUT2D eigenvalue weighted by atomic mass is 16.5. The molecule has 3 amide bonds. The Morgan fingerprint density at radius 1 is 1.17 bits per heavy atom. The van der Waals surface area contributed by atoms with Crippen molar-refractivity contribution in [3.8, 4) is 5.75 Å². The monoisotopic (exact) mass is 482 g/mol. The lowest BCUT2D eigenvalue weighted by atomic mass is 9.89. The highest BCUT2D eigenvalue weighted by Gasteiger charge is 2.29. The van der Waals surface area contributed by atoms with Crippen molar-refractivity contribution in [2.75, 3.05) is 39.8 Å². The Balaban J connectivity index is 1.43. The normalized spacial score (nSPS) is 16.5. The lowest BCUT2D eigenvalue weighted by molar-refractivity contribution is -0.133. The van der Waals surface area contributed by atoms with Crippen LogP contribution in [0.3, 0.4) is 0 Å². The maximum absolute atomic E-state index is 13.3. The van der Waals surface area contributed by atoms with Crippen molar-refractivity contribution in [1.29, 1.82) is 0 Å². The number of amides is 3. The van der Waals surface area contributed by atoms with Gasteiger partial charge in [0.25, 0.3) is 11.7 Å². The van der Waals surface area contributed by atoms with Crippen molar-refractivity contribution in [1.82, 2.24) is 20.1 Å². The number of rotatable bonds is 10. The second-order valence-electron chi connectivity index (χ2n) is 9.47. The molecule has 2 heterocycles. The molecular weight excluding hydrogens is 448 g/mol. The van der Waals surface area contributed by atoms with Gasteiger partial charge in [0.1, 0.15) is 5.75 Å². The molecule has 1 saturated heterocycles. The van der Waals surface area contributed by atoms with E-state index in [0.29, 0.717) is 49.3 Å². The molecule has 1 aromatic heterocycles. The number of hydrogen-bond acceptors (Lipinski definition) is 5. The molecule has 1 aliphatic heterocycles. The first kappa shape index (κ1) is 24.8. The van der Waals surface area contributed by atoms with Crippen LogP contribution in [0.4, 0.5) is 0 Å². The van der Waals surface area contributed by atoms with Crippen LogP contribution in [0.25, 0.3) is 10.9 Å². The van der Waals surface area contributed by atoms with Crippen LogP contribution < -0.4 is 10.1 Å². The van der Waals surface area contributed by atoms with Crippen LogP contribution in [0.1, 0.15) is 55.3 Å². The Labute approximate surface area is 205 Å². The lowest BCUT2D eigenvalue weighted by Gasteiger charge is -2.29. The Hall–Kier alpha value is -3.36. The summed E-state index contributed by atoms with van der Waals surface area (Å²) < 4.78 is 5.23. The molecule has 0 unspecified atom stereocenters. The molecule has 2 N–H and O–H groups in total. The Morgan fingerprint density at radius 2 is 1.97 bits per heavy atom. The largest absolute Gasteiger partial charge is 0.497 e. The number of hydrogen-bond donors (Lipinski definition) is 2. The predicted octanol–water partition coefficient (Wildman–Crippen LogP) is 2.51. The molecule has 0 spiro atoms. The summed E-state index contributed by atoms with van der Waals surface area (Å²) >= 11 is 0. The molecule has 0 bridgehead atoms. The average molecular weight is 483 g/mol. The Morgan fingerprint density at radius 3 is 2.69 bits per heavy atom. The van der Waals surface area contributed by atoms with Crippen molar-refractivity contribution in [3.63, 3.8) is 0 Å². The fourth-order valence-electron chi connectivity index (χ4n) is 5.08. The average Bonchev–Trinajstić information content (AvgIpc) is 3.48. The Kier molecular flexibility index (Phi) is 8.05. The smallest absolute Gasteiger partial charge is 0.295 e. The zero-order valence-electron chi connectivity index (χ0n) is 20.3. The number of carbonyl (C=O) groups excluding carboxylic acids is 4. The topological polar surface area (TPSA) is 112 Å². The molecule has 188 valence electrons. The minimum atomic E-state index is -0.669. The van der Waals surface area contributed by atoms with Crippen molar-refractivity contribution >= 4 is 34.4 Å². The predicted molar refractivity (Wildman–Crippen MR) is 131 cm³/mol. The number of aromatic nitrogens is 1. The van der Waals surface area contributed by atoms with E-state index >= 15 is 0 Å². The summed E-state index contributed by atoms with van der Waals surface area (Å²) in [6.45, 7) is 1.71. The van der Waals surface area contributed by atoms with Gasteiger partial charge in [0, 0.05) is 55.8 Å². The van der Waals surface area contributed by atoms with Crippen LogP contribution in [-0.2, 0) is 14.4 Å². The van der Waals surface area contributed by atoms with E-state index in [4.69, 9.17) is 4.74 Å². The van der Waals surface area contributed by atoms with Crippen LogP contribution in [-0.4, -0.2) is 78.1 Å². The van der Waals surface area contributed by atoms with Crippen LogP contribution in [0.15, 0.2) is 24.4 Å². The van der Waals surface area contributed by atoms with Gasteiger partial charge in [-0.15, -0.1) is 0 Å². The third-order valence-electron chi connectivity index (χ3n) is 7.03. The van der Waals surface area contributed by atoms with E-state index in [1.165, 1.54) is 17.5 Å². The van der Waals surface area contributed by atoms with Crippen LogP contribution in [0, 0.1) is 5.92 Å². The maximum Gasteiger partial charge on any atom is 0.295 e. The van der Waals surface area contributed by atoms with Gasteiger partial charge in [-0.3, -0.25) is 19.2 Å². The first-order valence-corrected chi connectivity index (χ1v) is 12.5. The van der Waals surface area contributed by atoms with Crippen molar-refractivity contribution < 1.29 is 23.9 Å². The van der Waals surface area contributed by atoms with E-state index < -0.39 is 11.7 Å². The first-order chi connectivity index (χ1) is 17.0. The van der Waals surface area contributed by atoms with Gasteiger partial charge in [-0.1, -0.05) is 19.3 Å². The molecule has 2 aromatic rings. The zero-order chi connectivity index (χ0) is 24.8. The summed E-state index contributed by atoms with van der Waals surface area (Å²) in [6.07, 6.45) is 8.29. The van der Waals surface area contributed by atoms with Gasteiger partial charge in [0.15, 0.2) is 0 Å². The SMILES string of the molecule is COc1ccc2c(C(=O)C(=O)N(CC(=O)NCCN3CCCC3=O)CC3CCCCC3)c[nH]c2c1. The first-order valence-electron chi connectivity index (χ1n) is 12.5. The number of aromatic amines is 1. The molecule has 9 heteroatoms. The minimum absolute atomic E-state index is 0.107. The molecule has 1 saturated carbocycles. The third kappa shape index (κ3) is 6.01. The standard InChI is InChI=1S/C26H34N4O5/c1-35-19-9-10-20-21(15-28-22(20)14-19)25(33)26(34)30(16-18-6-3-2-4-7-18)17-23(31)27-11-13-29-12-5-8-24(29)32/h9-10,14-15,18,28H,2-8,11-13,16-17H2,1H3,(H,27,31). The van der Waals surface area contributed by atoms with E-state index in [1.807, 2.05) is 0 Å². The number of methoxy groups -OCH3 is 1. The number of ether oxygens (including phenoxy) is 1. The molecule has 1 aliphatic carbocycles. The van der Waals surface area contributed by atoms with Crippen LogP contribution in [0.5, 0.6) is 5.75 Å². The molecule has 0 atom stereocenters. The molecule has 2 aliphatic rings. The van der Waals surface area contributed by atoms with Crippen LogP contribution >= 0.6 is 0 Å². The summed E-state index contributed by atoms with van der Waals surface area (Å²) in [5.74, 6) is -0.587. The number of nitrogens with one attached hydrogen (secondary N) is 2. The number of carbonyl (C=O) groups is 4. The molecule has 35 heavy (non-hydrogen) atoms. The highest BCUT2D eigenvalue weighted by molar-refractivity contribution is 6.45. The molecule has 0 radical (unpaired) electrons. The molecule has 4 rings (SSSR count). The molecule has 2 fully saturated rings. The number of Topliss-reactive ketones (excluding diaryl/α,β-unsaturated/α-hetero) is 1. The number of likely N-dealkylation sites (tertiary alicyclic amines) is 1. The Bertz CT molecular complexity index is 1090. The molecule has 9 nitrogen and oxygen atoms in total. The quantitative estimate of drug-likeness (QED) is 0.399. The van der Waals surface area contributed by atoms with Gasteiger partial charge in [0.2, 0.25) is 11.8 Å². The number of H-pyrrole nitrogens is 1. The summed E-state index contributed by atoms with van der Waals surface area (Å²) in [4.78, 5) is 57.2. The number of fused-ring (bicyclic) bond motifs is 1. The van der Waals surface area contributed by atoms with Gasteiger partial charge < -0.3 is 24.8 Å². The van der Waals surface area contributed by atoms with Gasteiger partial charge in [-0.05, 0) is 37.3 Å². The summed E-state index contributed by atoms with van der Waals surface area (Å²) in [7, 11) is 1.57. The summed E-state index contributed by atoms with van der Waals surface area (Å²) in [6, 6.07) is 5.27. The maximum atomic E-state index is 13.3. The van der Waals surface area contributed by atoms with Crippen LogP contribution in [0.2, 0.25) is 0 Å². The van der Waals surface area contributed by atoms with E-state index in [1.54, 1.807) is 30.2 Å². The minimum Gasteiger partial charge on any atom is -0.497 e. The van der Waals surface area contributed by atoms with Gasteiger partial charge in [-0.2, -0.15) is 0 Å². The van der Waals surface area contributed by atoms with E-state index in [-0.39, 0.29) is 29.8 Å². The molecule has 1 aromatic carbocycles. The van der Waals surface area contributed by atoms with Gasteiger partial charge in [0.05, 0.1) is 19.2 Å². The van der Waals surface area contributed by atoms with E-state index in [0.717, 1.165) is 32.1 Å². The van der Waals surface area contributed by atoms with Gasteiger partial charge in [-0.25, -0.2) is 0 Å². The second-order valence-corrected chi connectivity index (χ2v) is 9.47. The van der Waals surface area contributed by atoms with Crippen molar-refractivity contribution in [3.05, 3.63) is 30.0 Å². The number of benzene rings is 1. The van der Waals surface area contributed by atoms with Crippen molar-refractivity contribution in [2.45, 2.75) is 44.9 Å². The third-order valence-corrected chi connectivity index (χ3v) is 7.03. The number of nitrogens with zero attached hydrogens (tertiary/aromatic N) is 2. The lowest BCUT2D eigenvalue weighted by Crippen LogP contribution is -2.47. The zero-order valence-corrected chi connectivity index (χ0v) is 20.3. The van der Waals surface area contributed by atoms with E-state index in [9.17, 15) is 19.2 Å². The highest BCUT2D eigenvalue weighted by Crippen LogP contribution is 2.26. The fourth-order valence-corrected chi connectivity index (χ4v) is 5.08. The fraction of sp³-hybridized carbons (Fsp3) is 0.538. The van der Waals surface area contributed by atoms with E-state index in [2.05, 4.69) is 10.3 Å². The number of ketones is 1. The van der Waals surface area contributed by atoms with Crippen molar-refractivity contribution in [2.24, 2.45) is 5.92 Å². The summed E-state index contributed by atoms with van der Waals surface area (Å²) in [5.41, 5.74) is 0.989.